The maximum atomic E-state index is 13.2. The second kappa shape index (κ2) is 11.8. The van der Waals surface area contributed by atoms with Crippen molar-refractivity contribution >= 4 is 56.7 Å². The van der Waals surface area contributed by atoms with E-state index in [1.165, 1.54) is 30.5 Å². The summed E-state index contributed by atoms with van der Waals surface area (Å²) < 4.78 is 32.8. The van der Waals surface area contributed by atoms with Crippen molar-refractivity contribution in [3.8, 4) is 0 Å². The lowest BCUT2D eigenvalue weighted by atomic mass is 10.0. The molecule has 0 unspecified atom stereocenters. The van der Waals surface area contributed by atoms with E-state index in [0.29, 0.717) is 28.1 Å². The molecule has 9 nitrogen and oxygen atoms in total. The smallest absolute Gasteiger partial charge is 0.264 e. The van der Waals surface area contributed by atoms with Gasteiger partial charge < -0.3 is 14.9 Å². The maximum Gasteiger partial charge on any atom is 0.264 e. The van der Waals surface area contributed by atoms with Crippen molar-refractivity contribution in [2.45, 2.75) is 18.7 Å². The van der Waals surface area contributed by atoms with Crippen molar-refractivity contribution in [2.75, 3.05) is 10.0 Å². The third kappa shape index (κ3) is 6.64. The van der Waals surface area contributed by atoms with Crippen LogP contribution in [0.2, 0.25) is 0 Å². The molecule has 39 heavy (non-hydrogen) atoms. The molecule has 1 heterocycles. The Bertz CT molecular complexity index is 1660. The maximum absolute atomic E-state index is 13.2. The molecule has 0 aliphatic carbocycles. The Morgan fingerprint density at radius 3 is 2.10 bits per heavy atom. The molecule has 1 aromatic heterocycles. The second-order valence-corrected chi connectivity index (χ2v) is 10.4. The van der Waals surface area contributed by atoms with Gasteiger partial charge >= 0.3 is 0 Å². The summed E-state index contributed by atoms with van der Waals surface area (Å²) in [4.78, 5) is 17.3. The number of aliphatic hydroxyl groups is 1. The Kier molecular flexibility index (Phi) is 8.33. The molecule has 198 valence electrons. The van der Waals surface area contributed by atoms with Gasteiger partial charge in [0.1, 0.15) is 5.76 Å². The summed E-state index contributed by atoms with van der Waals surface area (Å²) in [7, 11) is -3.91. The topological polar surface area (TPSA) is 134 Å². The van der Waals surface area contributed by atoms with E-state index < -0.39 is 15.8 Å². The zero-order chi connectivity index (χ0) is 28.0. The number of nitrogens with one attached hydrogen (secondary N) is 2. The Hall–Kier alpha value is -4.61. The first-order valence-corrected chi connectivity index (χ1v) is 13.5. The molecule has 0 saturated carbocycles. The largest absolute Gasteiger partial charge is 0.506 e. The zero-order valence-electron chi connectivity index (χ0n) is 21.0. The summed E-state index contributed by atoms with van der Waals surface area (Å²) in [5.74, 6) is -0.615. The van der Waals surface area contributed by atoms with Gasteiger partial charge in [-0.05, 0) is 50.3 Å². The number of Topliss-reactive ketones (excluding diaryl/α,β-unsaturated/α-hetero) is 1. The highest BCUT2D eigenvalue weighted by molar-refractivity contribution is 7.92. The molecule has 4 rings (SSSR count). The number of anilines is 2. The van der Waals surface area contributed by atoms with E-state index in [2.05, 4.69) is 20.2 Å². The van der Waals surface area contributed by atoms with Crippen LogP contribution in [-0.2, 0) is 10.0 Å². The number of allylic oxidation sites excluding steroid dienone is 1. The van der Waals surface area contributed by atoms with Crippen molar-refractivity contribution < 1.29 is 22.8 Å². The average molecular weight is 561 g/mol. The van der Waals surface area contributed by atoms with Gasteiger partial charge in [-0.3, -0.25) is 4.79 Å². The number of aromatic nitrogens is 1. The van der Waals surface area contributed by atoms with Crippen LogP contribution in [0.25, 0.3) is 5.76 Å². The highest BCUT2D eigenvalue weighted by Gasteiger charge is 2.20. The van der Waals surface area contributed by atoms with E-state index in [9.17, 15) is 18.3 Å². The number of hydrogen-bond donors (Lipinski definition) is 3. The summed E-state index contributed by atoms with van der Waals surface area (Å²) in [5, 5.41) is 17.5. The standard InChI is InChI=1S/C28H24N4O5S2/c1-18-19(2)31-37-27(18)32-39(35,36)23-15-13-22(14-16-23)30-28(38)29-17-24(25(33)20-9-5-3-6-10-20)26(34)21-11-7-4-8-12-21/h3-17,32-33H,1-2H3,(H,30,38)/b25-24+,29-17+. The van der Waals surface area contributed by atoms with Crippen molar-refractivity contribution in [1.29, 1.82) is 0 Å². The van der Waals surface area contributed by atoms with Gasteiger partial charge in [-0.2, -0.15) is 0 Å². The molecule has 0 saturated heterocycles. The third-order valence-electron chi connectivity index (χ3n) is 5.69. The summed E-state index contributed by atoms with van der Waals surface area (Å²) in [6.07, 6.45) is 1.21. The van der Waals surface area contributed by atoms with Gasteiger partial charge in [-0.15, -0.1) is 0 Å². The fraction of sp³-hybridized carbons (Fsp3) is 0.0714. The van der Waals surface area contributed by atoms with Gasteiger partial charge in [0, 0.05) is 28.6 Å². The molecule has 0 aliphatic rings. The first-order valence-electron chi connectivity index (χ1n) is 11.6. The Balaban J connectivity index is 1.51. The van der Waals surface area contributed by atoms with E-state index in [-0.39, 0.29) is 27.2 Å². The molecule has 0 aliphatic heterocycles. The van der Waals surface area contributed by atoms with Crippen LogP contribution in [0.15, 0.2) is 105 Å². The minimum atomic E-state index is -3.91. The number of sulfonamides is 1. The molecule has 0 spiro atoms. The van der Waals surface area contributed by atoms with Crippen LogP contribution in [0.3, 0.4) is 0 Å². The highest BCUT2D eigenvalue weighted by Crippen LogP contribution is 2.23. The number of carbonyl (C=O) groups is 1. The lowest BCUT2D eigenvalue weighted by molar-refractivity contribution is 0.104. The number of nitrogens with zero attached hydrogens (tertiary/aromatic N) is 2. The second-order valence-electron chi connectivity index (χ2n) is 8.36. The van der Waals surface area contributed by atoms with E-state index >= 15 is 0 Å². The lowest BCUT2D eigenvalue weighted by Crippen LogP contribution is -2.14. The van der Waals surface area contributed by atoms with Crippen LogP contribution in [0.5, 0.6) is 0 Å². The molecule has 0 amide bonds. The van der Waals surface area contributed by atoms with Gasteiger partial charge in [-0.25, -0.2) is 18.1 Å². The first kappa shape index (κ1) is 27.4. The summed E-state index contributed by atoms with van der Waals surface area (Å²) >= 11 is 5.30. The van der Waals surface area contributed by atoms with Crippen LogP contribution < -0.4 is 10.0 Å². The van der Waals surface area contributed by atoms with Gasteiger partial charge in [-0.1, -0.05) is 65.8 Å². The predicted octanol–water partition coefficient (Wildman–Crippen LogP) is 5.71. The number of carbonyl (C=O) groups excluding carboxylic acids is 1. The van der Waals surface area contributed by atoms with Crippen molar-refractivity contribution in [1.82, 2.24) is 5.16 Å². The molecule has 0 fully saturated rings. The number of aliphatic hydroxyl groups excluding tert-OH is 1. The number of ketones is 1. The molecule has 3 N–H and O–H groups in total. The lowest BCUT2D eigenvalue weighted by Gasteiger charge is -2.09. The Morgan fingerprint density at radius 2 is 1.54 bits per heavy atom. The minimum absolute atomic E-state index is 0.00221. The number of hydrogen-bond acceptors (Lipinski definition) is 7. The molecule has 3 aromatic carbocycles. The summed E-state index contributed by atoms with van der Waals surface area (Å²) in [6.45, 7) is 3.41. The van der Waals surface area contributed by atoms with Crippen LogP contribution in [-0.4, -0.2) is 35.8 Å². The van der Waals surface area contributed by atoms with E-state index in [0.717, 1.165) is 0 Å². The van der Waals surface area contributed by atoms with E-state index in [1.807, 2.05) is 0 Å². The number of thiocarbonyl (C=S) groups is 1. The first-order chi connectivity index (χ1) is 18.7. The molecular formula is C28H24N4O5S2. The summed E-state index contributed by atoms with van der Waals surface area (Å²) in [5.41, 5.74) is 2.43. The van der Waals surface area contributed by atoms with Gasteiger partial charge in [0.05, 0.1) is 16.2 Å². The highest BCUT2D eigenvalue weighted by atomic mass is 32.2. The van der Waals surface area contributed by atoms with Gasteiger partial charge in [0.2, 0.25) is 5.88 Å². The molecule has 0 bridgehead atoms. The van der Waals surface area contributed by atoms with Crippen LogP contribution in [0, 0.1) is 13.8 Å². The fourth-order valence-corrected chi connectivity index (χ4v) is 4.63. The predicted molar refractivity (Wildman–Crippen MR) is 155 cm³/mol. The van der Waals surface area contributed by atoms with Crippen molar-refractivity contribution in [3.05, 3.63) is 113 Å². The van der Waals surface area contributed by atoms with E-state index in [4.69, 9.17) is 16.7 Å². The quantitative estimate of drug-likeness (QED) is 0.0820. The monoisotopic (exact) mass is 560 g/mol. The number of aliphatic imine (C=N–C) groups is 1. The third-order valence-corrected chi connectivity index (χ3v) is 7.25. The van der Waals surface area contributed by atoms with E-state index in [1.54, 1.807) is 74.5 Å². The number of benzene rings is 3. The number of aryl methyl sites for hydroxylation is 1. The van der Waals surface area contributed by atoms with Crippen LogP contribution in [0.4, 0.5) is 11.6 Å². The van der Waals surface area contributed by atoms with Crippen molar-refractivity contribution in [2.24, 2.45) is 4.99 Å². The van der Waals surface area contributed by atoms with Crippen LogP contribution in [0.1, 0.15) is 27.2 Å². The average Bonchev–Trinajstić information content (AvgIpc) is 3.25. The molecule has 0 radical (unpaired) electrons. The Morgan fingerprint density at radius 1 is 0.949 bits per heavy atom. The van der Waals surface area contributed by atoms with Crippen molar-refractivity contribution in [3.63, 3.8) is 0 Å². The zero-order valence-corrected chi connectivity index (χ0v) is 22.6. The molecule has 4 aromatic rings. The minimum Gasteiger partial charge on any atom is -0.506 e. The fourth-order valence-electron chi connectivity index (χ4n) is 3.41. The molecule has 0 atom stereocenters. The number of rotatable bonds is 8. The van der Waals surface area contributed by atoms with Gasteiger partial charge in [0.15, 0.2) is 10.9 Å². The SMILES string of the molecule is Cc1noc(NS(=O)(=O)c2ccc(NC(=S)/N=C/C(C(=O)c3ccccc3)=C(\O)c3ccccc3)cc2)c1C. The normalized spacial score (nSPS) is 12.2. The van der Waals surface area contributed by atoms with Crippen LogP contribution >= 0.6 is 12.2 Å². The summed E-state index contributed by atoms with van der Waals surface area (Å²) in [6, 6.07) is 23.0. The molecular weight excluding hydrogens is 536 g/mol. The Labute approximate surface area is 231 Å². The van der Waals surface area contributed by atoms with Gasteiger partial charge in [0.25, 0.3) is 10.0 Å². The molecule has 11 heteroatoms.